The Kier molecular flexibility index (Phi) is 6.75. The van der Waals surface area contributed by atoms with Crippen LogP contribution in [0.4, 0.5) is 20.6 Å². The molecule has 0 saturated carbocycles. The molecule has 0 bridgehead atoms. The summed E-state index contributed by atoms with van der Waals surface area (Å²) in [5.74, 6) is -1.62. The van der Waals surface area contributed by atoms with Crippen molar-refractivity contribution in [2.45, 2.75) is 6.54 Å². The lowest BCUT2D eigenvalue weighted by molar-refractivity contribution is -0.384. The van der Waals surface area contributed by atoms with Crippen LogP contribution in [0.25, 0.3) is 17.0 Å². The van der Waals surface area contributed by atoms with E-state index in [1.807, 2.05) is 35.0 Å². The SMILES string of the molecule is O=C(CN1C(=O)S/C(=C\c2cn(Cc3ccc([N+](=O)[O-])cc3)c3ccccc23)C1=O)Nc1ccc(F)cc1. The van der Waals surface area contributed by atoms with Crippen LogP contribution in [0.2, 0.25) is 0 Å². The Bertz CT molecular complexity index is 1610. The van der Waals surface area contributed by atoms with Gasteiger partial charge in [-0.25, -0.2) is 4.39 Å². The van der Waals surface area contributed by atoms with Crippen molar-refractivity contribution in [2.75, 3.05) is 11.9 Å². The molecule has 4 aromatic rings. The van der Waals surface area contributed by atoms with E-state index in [-0.39, 0.29) is 10.6 Å². The number of para-hydroxylation sites is 1. The number of halogens is 1. The van der Waals surface area contributed by atoms with E-state index in [0.29, 0.717) is 17.8 Å². The van der Waals surface area contributed by atoms with Crippen LogP contribution in [0.5, 0.6) is 0 Å². The molecular formula is C27H19FN4O5S. The first-order valence-corrected chi connectivity index (χ1v) is 12.2. The fraction of sp³-hybridized carbons (Fsp3) is 0.0741. The van der Waals surface area contributed by atoms with Crippen LogP contribution in [0.1, 0.15) is 11.1 Å². The molecule has 3 amide bonds. The number of thioether (sulfide) groups is 1. The van der Waals surface area contributed by atoms with E-state index in [2.05, 4.69) is 5.32 Å². The number of carbonyl (C=O) groups excluding carboxylic acids is 3. The molecule has 1 fully saturated rings. The average Bonchev–Trinajstić information content (AvgIpc) is 3.37. The molecule has 38 heavy (non-hydrogen) atoms. The summed E-state index contributed by atoms with van der Waals surface area (Å²) < 4.78 is 15.0. The van der Waals surface area contributed by atoms with Crippen LogP contribution in [-0.4, -0.2) is 38.0 Å². The number of nitrogens with zero attached hydrogens (tertiary/aromatic N) is 3. The predicted molar refractivity (Wildman–Crippen MR) is 142 cm³/mol. The van der Waals surface area contributed by atoms with Gasteiger partial charge in [0.15, 0.2) is 0 Å². The van der Waals surface area contributed by atoms with Crippen molar-refractivity contribution in [2.24, 2.45) is 0 Å². The minimum Gasteiger partial charge on any atom is -0.342 e. The highest BCUT2D eigenvalue weighted by Crippen LogP contribution is 2.34. The van der Waals surface area contributed by atoms with Gasteiger partial charge in [0.1, 0.15) is 12.4 Å². The molecule has 1 aliphatic heterocycles. The lowest BCUT2D eigenvalue weighted by Gasteiger charge is -2.12. The van der Waals surface area contributed by atoms with Crippen LogP contribution in [0.3, 0.4) is 0 Å². The van der Waals surface area contributed by atoms with Crippen molar-refractivity contribution in [3.8, 4) is 0 Å². The number of aromatic nitrogens is 1. The van der Waals surface area contributed by atoms with Crippen molar-refractivity contribution in [1.29, 1.82) is 0 Å². The second-order valence-electron chi connectivity index (χ2n) is 8.48. The minimum atomic E-state index is -0.583. The van der Waals surface area contributed by atoms with Gasteiger partial charge in [-0.1, -0.05) is 30.3 Å². The first kappa shape index (κ1) is 24.9. The van der Waals surface area contributed by atoms with E-state index < -0.39 is 34.3 Å². The van der Waals surface area contributed by atoms with E-state index in [1.54, 1.807) is 18.2 Å². The summed E-state index contributed by atoms with van der Waals surface area (Å²) in [5, 5.41) is 13.8. The first-order chi connectivity index (χ1) is 18.3. The van der Waals surface area contributed by atoms with E-state index in [1.165, 1.54) is 36.4 Å². The lowest BCUT2D eigenvalue weighted by Crippen LogP contribution is -2.36. The Morgan fingerprint density at radius 1 is 1.03 bits per heavy atom. The van der Waals surface area contributed by atoms with Gasteiger partial charge in [0.25, 0.3) is 16.8 Å². The first-order valence-electron chi connectivity index (χ1n) is 11.4. The second-order valence-corrected chi connectivity index (χ2v) is 9.47. The predicted octanol–water partition coefficient (Wildman–Crippen LogP) is 5.41. The summed E-state index contributed by atoms with van der Waals surface area (Å²) in [6.45, 7) is -0.0291. The van der Waals surface area contributed by atoms with Gasteiger partial charge in [0.2, 0.25) is 5.91 Å². The molecule has 0 unspecified atom stereocenters. The molecule has 0 aliphatic carbocycles. The summed E-state index contributed by atoms with van der Waals surface area (Å²) in [6, 6.07) is 19.0. The third-order valence-electron chi connectivity index (χ3n) is 5.91. The molecule has 2 heterocycles. The number of non-ortho nitro benzene ring substituents is 1. The number of nitrogens with one attached hydrogen (secondary N) is 1. The van der Waals surface area contributed by atoms with Gasteiger partial charge in [-0.15, -0.1) is 0 Å². The molecule has 190 valence electrons. The van der Waals surface area contributed by atoms with E-state index in [0.717, 1.165) is 33.1 Å². The minimum absolute atomic E-state index is 0.00822. The van der Waals surface area contributed by atoms with Gasteiger partial charge in [-0.05, 0) is 53.7 Å². The number of nitro groups is 1. The van der Waals surface area contributed by atoms with Gasteiger partial charge in [0.05, 0.1) is 9.83 Å². The molecule has 0 radical (unpaired) electrons. The second kappa shape index (κ2) is 10.3. The molecular weight excluding hydrogens is 511 g/mol. The summed E-state index contributed by atoms with van der Waals surface area (Å²) >= 11 is 0.749. The average molecular weight is 531 g/mol. The number of hydrogen-bond donors (Lipinski definition) is 1. The van der Waals surface area contributed by atoms with Crippen LogP contribution in [0.15, 0.2) is 83.9 Å². The van der Waals surface area contributed by atoms with Gasteiger partial charge in [0, 0.05) is 47.0 Å². The quantitative estimate of drug-likeness (QED) is 0.194. The number of hydrogen-bond acceptors (Lipinski definition) is 6. The monoisotopic (exact) mass is 530 g/mol. The zero-order valence-corrected chi connectivity index (χ0v) is 20.5. The molecule has 1 saturated heterocycles. The van der Waals surface area contributed by atoms with Crippen LogP contribution in [-0.2, 0) is 16.1 Å². The highest BCUT2D eigenvalue weighted by Gasteiger charge is 2.36. The number of benzene rings is 3. The van der Waals surface area contributed by atoms with E-state index in [4.69, 9.17) is 0 Å². The summed E-state index contributed by atoms with van der Waals surface area (Å²) in [6.07, 6.45) is 3.47. The van der Waals surface area contributed by atoms with Gasteiger partial charge in [-0.3, -0.25) is 29.4 Å². The highest BCUT2D eigenvalue weighted by molar-refractivity contribution is 8.18. The third kappa shape index (κ3) is 5.18. The number of nitro benzene ring substituents is 1. The number of rotatable bonds is 7. The maximum Gasteiger partial charge on any atom is 0.294 e. The largest absolute Gasteiger partial charge is 0.342 e. The number of amides is 3. The Labute approximate surface area is 219 Å². The Morgan fingerprint density at radius 2 is 1.74 bits per heavy atom. The topological polar surface area (TPSA) is 115 Å². The van der Waals surface area contributed by atoms with Crippen LogP contribution < -0.4 is 5.32 Å². The molecule has 1 N–H and O–H groups in total. The zero-order chi connectivity index (χ0) is 26.8. The molecule has 1 aliphatic rings. The maximum atomic E-state index is 13.1. The standard InChI is InChI=1S/C27H19FN4O5S/c28-19-7-9-20(10-8-19)29-25(33)16-31-26(34)24(38-27(31)35)13-18-15-30(23-4-2-1-3-22(18)23)14-17-5-11-21(12-6-17)32(36)37/h1-13,15H,14,16H2,(H,29,33)/b24-13-. The Morgan fingerprint density at radius 3 is 2.45 bits per heavy atom. The summed E-state index contributed by atoms with van der Waals surface area (Å²) in [5.41, 5.74) is 2.81. The van der Waals surface area contributed by atoms with Crippen molar-refractivity contribution in [3.05, 3.63) is 111 Å². The molecule has 11 heteroatoms. The van der Waals surface area contributed by atoms with Crippen LogP contribution >= 0.6 is 11.8 Å². The summed E-state index contributed by atoms with van der Waals surface area (Å²) in [4.78, 5) is 49.5. The van der Waals surface area contributed by atoms with E-state index >= 15 is 0 Å². The number of anilines is 1. The number of fused-ring (bicyclic) bond motifs is 1. The number of imide groups is 1. The fourth-order valence-electron chi connectivity index (χ4n) is 4.10. The van der Waals surface area contributed by atoms with Gasteiger partial charge < -0.3 is 9.88 Å². The molecule has 5 rings (SSSR count). The van der Waals surface area contributed by atoms with Crippen molar-refractivity contribution < 1.29 is 23.7 Å². The lowest BCUT2D eigenvalue weighted by atomic mass is 10.1. The fourth-order valence-corrected chi connectivity index (χ4v) is 4.92. The highest BCUT2D eigenvalue weighted by atomic mass is 32.2. The smallest absolute Gasteiger partial charge is 0.294 e. The number of carbonyl (C=O) groups is 3. The molecule has 9 nitrogen and oxygen atoms in total. The molecule has 1 aromatic heterocycles. The Hall–Kier alpha value is -4.77. The molecule has 3 aromatic carbocycles. The zero-order valence-electron chi connectivity index (χ0n) is 19.7. The van der Waals surface area contributed by atoms with Crippen molar-refractivity contribution in [1.82, 2.24) is 9.47 Å². The third-order valence-corrected chi connectivity index (χ3v) is 6.82. The van der Waals surface area contributed by atoms with Crippen molar-refractivity contribution in [3.63, 3.8) is 0 Å². The van der Waals surface area contributed by atoms with Crippen LogP contribution in [0, 0.1) is 15.9 Å². The molecule has 0 atom stereocenters. The maximum absolute atomic E-state index is 13.1. The molecule has 0 spiro atoms. The summed E-state index contributed by atoms with van der Waals surface area (Å²) in [7, 11) is 0. The van der Waals surface area contributed by atoms with Gasteiger partial charge >= 0.3 is 0 Å². The normalized spacial score (nSPS) is 14.4. The van der Waals surface area contributed by atoms with Crippen molar-refractivity contribution >= 4 is 57.2 Å². The van der Waals surface area contributed by atoms with Gasteiger partial charge in [-0.2, -0.15) is 0 Å². The van der Waals surface area contributed by atoms with E-state index in [9.17, 15) is 28.9 Å². The Balaban J connectivity index is 1.36.